The SMILES string of the molecule is CCCCCC1CCCC1(O)CC. The molecule has 0 heterocycles. The van der Waals surface area contributed by atoms with E-state index in [-0.39, 0.29) is 5.60 Å². The van der Waals surface area contributed by atoms with Crippen molar-refractivity contribution in [3.8, 4) is 0 Å². The first-order valence-corrected chi connectivity index (χ1v) is 5.95. The summed E-state index contributed by atoms with van der Waals surface area (Å²) in [6, 6.07) is 0. The Morgan fingerprint density at radius 2 is 2.08 bits per heavy atom. The summed E-state index contributed by atoms with van der Waals surface area (Å²) in [5, 5.41) is 10.3. The summed E-state index contributed by atoms with van der Waals surface area (Å²) in [6.07, 6.45) is 9.66. The summed E-state index contributed by atoms with van der Waals surface area (Å²) in [5.74, 6) is 0.601. The smallest absolute Gasteiger partial charge is 0.0673 e. The first kappa shape index (κ1) is 11.0. The van der Waals surface area contributed by atoms with Gasteiger partial charge in [0.15, 0.2) is 0 Å². The second-order valence-corrected chi connectivity index (χ2v) is 4.54. The summed E-state index contributed by atoms with van der Waals surface area (Å²) in [5.41, 5.74) is -0.298. The van der Waals surface area contributed by atoms with Crippen LogP contribution in [-0.4, -0.2) is 10.7 Å². The molecule has 1 heteroatoms. The van der Waals surface area contributed by atoms with Crippen molar-refractivity contribution in [2.45, 2.75) is 70.8 Å². The third-order valence-electron chi connectivity index (χ3n) is 3.69. The van der Waals surface area contributed by atoms with Crippen molar-refractivity contribution in [2.75, 3.05) is 0 Å². The molecule has 0 aromatic carbocycles. The fourth-order valence-electron chi connectivity index (χ4n) is 2.65. The lowest BCUT2D eigenvalue weighted by Gasteiger charge is -2.28. The highest BCUT2D eigenvalue weighted by Gasteiger charge is 2.38. The molecule has 0 amide bonds. The molecule has 0 aromatic heterocycles. The van der Waals surface area contributed by atoms with Gasteiger partial charge in [0, 0.05) is 0 Å². The van der Waals surface area contributed by atoms with Crippen molar-refractivity contribution in [3.63, 3.8) is 0 Å². The standard InChI is InChI=1S/C12H24O/c1-3-5-6-8-11-9-7-10-12(11,13)4-2/h11,13H,3-10H2,1-2H3. The van der Waals surface area contributed by atoms with E-state index in [0.29, 0.717) is 5.92 Å². The number of rotatable bonds is 5. The van der Waals surface area contributed by atoms with Gasteiger partial charge in [-0.05, 0) is 31.6 Å². The van der Waals surface area contributed by atoms with Crippen molar-refractivity contribution < 1.29 is 5.11 Å². The fourth-order valence-corrected chi connectivity index (χ4v) is 2.65. The van der Waals surface area contributed by atoms with Crippen molar-refractivity contribution >= 4 is 0 Å². The lowest BCUT2D eigenvalue weighted by molar-refractivity contribution is -0.00498. The van der Waals surface area contributed by atoms with E-state index in [2.05, 4.69) is 13.8 Å². The number of unbranched alkanes of at least 4 members (excludes halogenated alkanes) is 2. The Morgan fingerprint density at radius 3 is 2.69 bits per heavy atom. The lowest BCUT2D eigenvalue weighted by atomic mass is 9.85. The van der Waals surface area contributed by atoms with Crippen LogP contribution in [0.2, 0.25) is 0 Å². The van der Waals surface area contributed by atoms with Gasteiger partial charge in [0.1, 0.15) is 0 Å². The molecular formula is C12H24O. The molecule has 1 N–H and O–H groups in total. The predicted octanol–water partition coefficient (Wildman–Crippen LogP) is 3.51. The van der Waals surface area contributed by atoms with Gasteiger partial charge in [-0.2, -0.15) is 0 Å². The molecule has 1 aliphatic carbocycles. The molecule has 78 valence electrons. The lowest BCUT2D eigenvalue weighted by Crippen LogP contribution is -2.32. The average molecular weight is 184 g/mol. The van der Waals surface area contributed by atoms with Crippen LogP contribution in [0.15, 0.2) is 0 Å². The van der Waals surface area contributed by atoms with E-state index in [1.165, 1.54) is 38.5 Å². The van der Waals surface area contributed by atoms with E-state index in [1.54, 1.807) is 0 Å². The zero-order valence-corrected chi connectivity index (χ0v) is 9.18. The van der Waals surface area contributed by atoms with Crippen LogP contribution in [0.25, 0.3) is 0 Å². The molecule has 13 heavy (non-hydrogen) atoms. The predicted molar refractivity (Wildman–Crippen MR) is 56.7 cm³/mol. The van der Waals surface area contributed by atoms with E-state index < -0.39 is 0 Å². The minimum absolute atomic E-state index is 0.298. The summed E-state index contributed by atoms with van der Waals surface area (Å²) >= 11 is 0. The Morgan fingerprint density at radius 1 is 1.31 bits per heavy atom. The maximum Gasteiger partial charge on any atom is 0.0673 e. The van der Waals surface area contributed by atoms with Crippen LogP contribution in [0.1, 0.15) is 65.2 Å². The van der Waals surface area contributed by atoms with Crippen molar-refractivity contribution in [3.05, 3.63) is 0 Å². The van der Waals surface area contributed by atoms with Crippen LogP contribution in [-0.2, 0) is 0 Å². The molecular weight excluding hydrogens is 160 g/mol. The highest BCUT2D eigenvalue weighted by molar-refractivity contribution is 4.90. The highest BCUT2D eigenvalue weighted by Crippen LogP contribution is 2.40. The zero-order chi connectivity index (χ0) is 9.73. The molecule has 0 spiro atoms. The molecule has 1 fully saturated rings. The summed E-state index contributed by atoms with van der Waals surface area (Å²) in [4.78, 5) is 0. The zero-order valence-electron chi connectivity index (χ0n) is 9.18. The topological polar surface area (TPSA) is 20.2 Å². The molecule has 0 radical (unpaired) electrons. The number of hydrogen-bond acceptors (Lipinski definition) is 1. The highest BCUT2D eigenvalue weighted by atomic mass is 16.3. The van der Waals surface area contributed by atoms with E-state index in [4.69, 9.17) is 0 Å². The van der Waals surface area contributed by atoms with Gasteiger partial charge in [0.05, 0.1) is 5.60 Å². The first-order chi connectivity index (χ1) is 6.23. The average Bonchev–Trinajstić information content (AvgIpc) is 2.50. The van der Waals surface area contributed by atoms with Gasteiger partial charge in [-0.1, -0.05) is 39.5 Å². The van der Waals surface area contributed by atoms with Gasteiger partial charge >= 0.3 is 0 Å². The minimum Gasteiger partial charge on any atom is -0.390 e. The second kappa shape index (κ2) is 4.99. The maximum atomic E-state index is 10.3. The molecule has 1 nitrogen and oxygen atoms in total. The molecule has 2 atom stereocenters. The van der Waals surface area contributed by atoms with Gasteiger partial charge < -0.3 is 5.11 Å². The quantitative estimate of drug-likeness (QED) is 0.648. The summed E-state index contributed by atoms with van der Waals surface area (Å²) < 4.78 is 0. The summed E-state index contributed by atoms with van der Waals surface area (Å²) in [7, 11) is 0. The van der Waals surface area contributed by atoms with Gasteiger partial charge in [-0.25, -0.2) is 0 Å². The molecule has 0 aromatic rings. The van der Waals surface area contributed by atoms with Crippen molar-refractivity contribution in [2.24, 2.45) is 5.92 Å². The third-order valence-corrected chi connectivity index (χ3v) is 3.69. The largest absolute Gasteiger partial charge is 0.390 e. The van der Waals surface area contributed by atoms with Crippen LogP contribution in [0.4, 0.5) is 0 Å². The van der Waals surface area contributed by atoms with Crippen LogP contribution in [0.5, 0.6) is 0 Å². The Hall–Kier alpha value is -0.0400. The van der Waals surface area contributed by atoms with Gasteiger partial charge in [-0.15, -0.1) is 0 Å². The Bertz CT molecular complexity index is 144. The van der Waals surface area contributed by atoms with Crippen LogP contribution in [0, 0.1) is 5.92 Å². The van der Waals surface area contributed by atoms with E-state index in [0.717, 1.165) is 12.8 Å². The second-order valence-electron chi connectivity index (χ2n) is 4.54. The van der Waals surface area contributed by atoms with E-state index in [1.807, 2.05) is 0 Å². The Labute approximate surface area is 82.5 Å². The summed E-state index contributed by atoms with van der Waals surface area (Å²) in [6.45, 7) is 4.36. The Balaban J connectivity index is 2.31. The molecule has 0 aliphatic heterocycles. The first-order valence-electron chi connectivity index (χ1n) is 5.95. The molecule has 1 saturated carbocycles. The van der Waals surface area contributed by atoms with Gasteiger partial charge in [0.25, 0.3) is 0 Å². The van der Waals surface area contributed by atoms with Crippen LogP contribution in [0.3, 0.4) is 0 Å². The van der Waals surface area contributed by atoms with Crippen molar-refractivity contribution in [1.29, 1.82) is 0 Å². The van der Waals surface area contributed by atoms with Crippen LogP contribution >= 0.6 is 0 Å². The molecule has 0 bridgehead atoms. The third kappa shape index (κ3) is 2.70. The van der Waals surface area contributed by atoms with Gasteiger partial charge in [-0.3, -0.25) is 0 Å². The molecule has 1 rings (SSSR count). The maximum absolute atomic E-state index is 10.3. The van der Waals surface area contributed by atoms with Gasteiger partial charge in [0.2, 0.25) is 0 Å². The number of hydrogen-bond donors (Lipinski definition) is 1. The monoisotopic (exact) mass is 184 g/mol. The molecule has 0 saturated heterocycles. The molecule has 1 aliphatic rings. The van der Waals surface area contributed by atoms with E-state index >= 15 is 0 Å². The number of aliphatic hydroxyl groups is 1. The van der Waals surface area contributed by atoms with E-state index in [9.17, 15) is 5.11 Å². The minimum atomic E-state index is -0.298. The van der Waals surface area contributed by atoms with Crippen LogP contribution < -0.4 is 0 Å². The van der Waals surface area contributed by atoms with Crippen molar-refractivity contribution in [1.82, 2.24) is 0 Å². The normalized spacial score (nSPS) is 33.9. The Kier molecular flexibility index (Phi) is 4.24. The fraction of sp³-hybridized carbons (Fsp3) is 1.00. The molecule has 2 unspecified atom stereocenters.